The van der Waals surface area contributed by atoms with Gasteiger partial charge in [0.2, 0.25) is 5.75 Å². The predicted octanol–water partition coefficient (Wildman–Crippen LogP) is 2.47. The number of methoxy groups -OCH3 is 3. The highest BCUT2D eigenvalue weighted by Crippen LogP contribution is 2.39. The van der Waals surface area contributed by atoms with Gasteiger partial charge >= 0.3 is 0 Å². The number of benzene rings is 1. The molecule has 1 aromatic rings. The summed E-state index contributed by atoms with van der Waals surface area (Å²) in [4.78, 5) is 0. The van der Waals surface area contributed by atoms with Gasteiger partial charge in [-0.2, -0.15) is 0 Å². The summed E-state index contributed by atoms with van der Waals surface area (Å²) in [7, 11) is 4.85. The molecule has 1 rings (SSSR count). The maximum Gasteiger partial charge on any atom is 0.203 e. The van der Waals surface area contributed by atoms with Crippen molar-refractivity contribution in [2.45, 2.75) is 20.4 Å². The lowest BCUT2D eigenvalue weighted by Crippen LogP contribution is -2.20. The van der Waals surface area contributed by atoms with Crippen LogP contribution in [0.2, 0.25) is 0 Å². The van der Waals surface area contributed by atoms with E-state index >= 15 is 0 Å². The zero-order valence-corrected chi connectivity index (χ0v) is 13.7. The van der Waals surface area contributed by atoms with Crippen molar-refractivity contribution < 1.29 is 18.9 Å². The van der Waals surface area contributed by atoms with Crippen molar-refractivity contribution in [1.82, 2.24) is 5.32 Å². The summed E-state index contributed by atoms with van der Waals surface area (Å²) < 4.78 is 21.6. The monoisotopic (exact) mass is 297 g/mol. The standard InChI is InChI=1S/C16H27NO4/c1-12(2)11-21-9-8-17-10-13-6-7-14(18-3)16(20-5)15(13)19-4/h6-7,12,17H,8-11H2,1-5H3. The Bertz CT molecular complexity index is 421. The third kappa shape index (κ3) is 5.44. The van der Waals surface area contributed by atoms with Crippen molar-refractivity contribution in [2.75, 3.05) is 41.1 Å². The van der Waals surface area contributed by atoms with E-state index in [1.54, 1.807) is 21.3 Å². The zero-order chi connectivity index (χ0) is 15.7. The molecule has 0 amide bonds. The first-order valence-corrected chi connectivity index (χ1v) is 7.20. The molecule has 0 spiro atoms. The Kier molecular flexibility index (Phi) is 7.93. The van der Waals surface area contributed by atoms with Gasteiger partial charge in [-0.05, 0) is 12.0 Å². The van der Waals surface area contributed by atoms with E-state index in [1.165, 1.54) is 0 Å². The second-order valence-corrected chi connectivity index (χ2v) is 5.14. The first kappa shape index (κ1) is 17.6. The van der Waals surface area contributed by atoms with Crippen LogP contribution in [0.25, 0.3) is 0 Å². The SMILES string of the molecule is COc1ccc(CNCCOCC(C)C)c(OC)c1OC. The topological polar surface area (TPSA) is 49.0 Å². The first-order chi connectivity index (χ1) is 10.1. The van der Waals surface area contributed by atoms with Gasteiger partial charge in [-0.1, -0.05) is 19.9 Å². The lowest BCUT2D eigenvalue weighted by Gasteiger charge is -2.16. The fourth-order valence-corrected chi connectivity index (χ4v) is 1.99. The van der Waals surface area contributed by atoms with Gasteiger partial charge in [0.25, 0.3) is 0 Å². The van der Waals surface area contributed by atoms with Crippen LogP contribution < -0.4 is 19.5 Å². The van der Waals surface area contributed by atoms with Gasteiger partial charge in [0.1, 0.15) is 0 Å². The number of ether oxygens (including phenoxy) is 4. The maximum absolute atomic E-state index is 5.53. The van der Waals surface area contributed by atoms with E-state index in [1.807, 2.05) is 12.1 Å². The molecule has 0 aliphatic heterocycles. The minimum atomic E-state index is 0.566. The van der Waals surface area contributed by atoms with Gasteiger partial charge in [-0.3, -0.25) is 0 Å². The van der Waals surface area contributed by atoms with Crippen LogP contribution in [0.5, 0.6) is 17.2 Å². The Hall–Kier alpha value is -1.46. The van der Waals surface area contributed by atoms with Crippen LogP contribution in [0.15, 0.2) is 12.1 Å². The summed E-state index contributed by atoms with van der Waals surface area (Å²) in [6.45, 7) is 7.26. The van der Waals surface area contributed by atoms with Crippen molar-refractivity contribution in [3.05, 3.63) is 17.7 Å². The lowest BCUT2D eigenvalue weighted by atomic mass is 10.1. The van der Waals surface area contributed by atoms with Crippen molar-refractivity contribution in [3.8, 4) is 17.2 Å². The first-order valence-electron chi connectivity index (χ1n) is 7.20. The number of rotatable bonds is 10. The van der Waals surface area contributed by atoms with Crippen LogP contribution in [0.1, 0.15) is 19.4 Å². The number of hydrogen-bond donors (Lipinski definition) is 1. The highest BCUT2D eigenvalue weighted by molar-refractivity contribution is 5.55. The van der Waals surface area contributed by atoms with Crippen molar-refractivity contribution in [1.29, 1.82) is 0 Å². The Balaban J connectivity index is 2.55. The summed E-state index contributed by atoms with van der Waals surface area (Å²) in [5.74, 6) is 2.55. The lowest BCUT2D eigenvalue weighted by molar-refractivity contribution is 0.111. The zero-order valence-electron chi connectivity index (χ0n) is 13.7. The molecule has 5 nitrogen and oxygen atoms in total. The molecular formula is C16H27NO4. The summed E-state index contributed by atoms with van der Waals surface area (Å²) in [5.41, 5.74) is 1.03. The van der Waals surface area contributed by atoms with Crippen molar-refractivity contribution >= 4 is 0 Å². The number of nitrogens with one attached hydrogen (secondary N) is 1. The van der Waals surface area contributed by atoms with E-state index in [0.29, 0.717) is 36.3 Å². The largest absolute Gasteiger partial charge is 0.493 e. The number of hydrogen-bond acceptors (Lipinski definition) is 5. The summed E-state index contributed by atoms with van der Waals surface area (Å²) in [6, 6.07) is 3.86. The molecule has 0 heterocycles. The van der Waals surface area contributed by atoms with E-state index < -0.39 is 0 Å². The van der Waals surface area contributed by atoms with Crippen molar-refractivity contribution in [2.24, 2.45) is 5.92 Å². The molecule has 0 saturated carbocycles. The van der Waals surface area contributed by atoms with Crippen LogP contribution in [-0.4, -0.2) is 41.1 Å². The molecule has 0 atom stereocenters. The average molecular weight is 297 g/mol. The van der Waals surface area contributed by atoms with E-state index in [-0.39, 0.29) is 0 Å². The van der Waals surface area contributed by atoms with Crippen LogP contribution in [0, 0.1) is 5.92 Å². The normalized spacial score (nSPS) is 10.8. The van der Waals surface area contributed by atoms with Gasteiger partial charge in [-0.15, -0.1) is 0 Å². The quantitative estimate of drug-likeness (QED) is 0.672. The van der Waals surface area contributed by atoms with Gasteiger partial charge in [0, 0.05) is 25.3 Å². The van der Waals surface area contributed by atoms with Crippen molar-refractivity contribution in [3.63, 3.8) is 0 Å². The molecule has 120 valence electrons. The summed E-state index contributed by atoms with van der Waals surface area (Å²) in [6.07, 6.45) is 0. The Morgan fingerprint density at radius 1 is 1.00 bits per heavy atom. The van der Waals surface area contributed by atoms with E-state index in [0.717, 1.165) is 18.7 Å². The van der Waals surface area contributed by atoms with Crippen LogP contribution >= 0.6 is 0 Å². The Morgan fingerprint density at radius 2 is 1.71 bits per heavy atom. The molecule has 0 aromatic heterocycles. The molecule has 0 aliphatic carbocycles. The molecule has 0 aliphatic rings. The highest BCUT2D eigenvalue weighted by Gasteiger charge is 2.15. The fourth-order valence-electron chi connectivity index (χ4n) is 1.99. The van der Waals surface area contributed by atoms with E-state index in [9.17, 15) is 0 Å². The summed E-state index contributed by atoms with van der Waals surface area (Å²) in [5, 5.41) is 3.34. The minimum absolute atomic E-state index is 0.566. The molecule has 0 fully saturated rings. The molecule has 1 aromatic carbocycles. The van der Waals surface area contributed by atoms with Crippen LogP contribution in [-0.2, 0) is 11.3 Å². The molecule has 0 bridgehead atoms. The van der Waals surface area contributed by atoms with Gasteiger partial charge in [0.05, 0.1) is 27.9 Å². The Morgan fingerprint density at radius 3 is 2.29 bits per heavy atom. The average Bonchev–Trinajstić information content (AvgIpc) is 2.49. The molecule has 5 heteroatoms. The predicted molar refractivity (Wildman–Crippen MR) is 83.5 cm³/mol. The molecular weight excluding hydrogens is 270 g/mol. The van der Waals surface area contributed by atoms with Gasteiger partial charge in [-0.25, -0.2) is 0 Å². The molecule has 0 unspecified atom stereocenters. The fraction of sp³-hybridized carbons (Fsp3) is 0.625. The molecule has 1 N–H and O–H groups in total. The molecule has 21 heavy (non-hydrogen) atoms. The Labute approximate surface area is 127 Å². The van der Waals surface area contributed by atoms with Crippen LogP contribution in [0.4, 0.5) is 0 Å². The maximum atomic E-state index is 5.53. The third-order valence-electron chi connectivity index (χ3n) is 2.98. The van der Waals surface area contributed by atoms with Gasteiger partial charge in [0.15, 0.2) is 11.5 Å². The van der Waals surface area contributed by atoms with Gasteiger partial charge < -0.3 is 24.3 Å². The smallest absolute Gasteiger partial charge is 0.203 e. The molecule has 0 saturated heterocycles. The van der Waals surface area contributed by atoms with E-state index in [4.69, 9.17) is 18.9 Å². The highest BCUT2D eigenvalue weighted by atomic mass is 16.5. The second-order valence-electron chi connectivity index (χ2n) is 5.14. The third-order valence-corrected chi connectivity index (χ3v) is 2.98. The van der Waals surface area contributed by atoms with E-state index in [2.05, 4.69) is 19.2 Å². The second kappa shape index (κ2) is 9.47. The molecule has 0 radical (unpaired) electrons. The van der Waals surface area contributed by atoms with Crippen LogP contribution in [0.3, 0.4) is 0 Å². The summed E-state index contributed by atoms with van der Waals surface area (Å²) >= 11 is 0. The minimum Gasteiger partial charge on any atom is -0.493 e.